The number of nitrogen functional groups attached to an aromatic ring is 1. The van der Waals surface area contributed by atoms with E-state index < -0.39 is 12.9 Å². The number of aromatic nitrogens is 3. The maximum absolute atomic E-state index is 13.0. The van der Waals surface area contributed by atoms with Crippen molar-refractivity contribution >= 4 is 11.8 Å². The molecule has 0 aliphatic rings. The largest absolute Gasteiger partial charge is 0.465 e. The number of halogens is 3. The summed E-state index contributed by atoms with van der Waals surface area (Å²) in [6, 6.07) is 7.80. The highest BCUT2D eigenvalue weighted by Crippen LogP contribution is 2.29. The normalized spacial score (nSPS) is 9.66. The maximum atomic E-state index is 13.0. The van der Waals surface area contributed by atoms with Gasteiger partial charge in [-0.05, 0) is 30.7 Å². The molecule has 0 unspecified atom stereocenters. The first kappa shape index (κ1) is 24.1. The molecule has 2 aromatic heterocycles. The van der Waals surface area contributed by atoms with Crippen LogP contribution in [0.5, 0.6) is 5.75 Å². The summed E-state index contributed by atoms with van der Waals surface area (Å²) in [4.78, 5) is 28.2. The van der Waals surface area contributed by atoms with Gasteiger partial charge >= 0.3 is 5.97 Å². The van der Waals surface area contributed by atoms with Gasteiger partial charge in [-0.3, -0.25) is 4.94 Å². The number of benzene rings is 1. The SMILES string of the molecule is CCc1ncnc(-c2ccc(C(=O)OC)c(OF)c2)c1C#Cc1ccc(N)nc1.FCF. The van der Waals surface area contributed by atoms with Crippen LogP contribution in [0.25, 0.3) is 11.3 Å². The molecule has 166 valence electrons. The van der Waals surface area contributed by atoms with Crippen LogP contribution < -0.4 is 10.7 Å². The Hall–Kier alpha value is -4.13. The highest BCUT2D eigenvalue weighted by atomic mass is 19.3. The number of carbonyl (C=O) groups excluding carboxylic acids is 1. The van der Waals surface area contributed by atoms with E-state index in [-0.39, 0.29) is 11.3 Å². The van der Waals surface area contributed by atoms with Gasteiger partial charge in [-0.2, -0.15) is 0 Å². The van der Waals surface area contributed by atoms with Crippen molar-refractivity contribution in [1.29, 1.82) is 0 Å². The second kappa shape index (κ2) is 11.9. The summed E-state index contributed by atoms with van der Waals surface area (Å²) in [5, 5.41) is 0. The molecule has 0 aliphatic carbocycles. The lowest BCUT2D eigenvalue weighted by Crippen LogP contribution is -2.04. The summed E-state index contributed by atoms with van der Waals surface area (Å²) in [5.74, 6) is 5.50. The van der Waals surface area contributed by atoms with E-state index in [9.17, 15) is 18.1 Å². The highest BCUT2D eigenvalue weighted by Gasteiger charge is 2.18. The molecule has 0 bridgehead atoms. The number of anilines is 1. The van der Waals surface area contributed by atoms with Crippen molar-refractivity contribution in [2.75, 3.05) is 19.8 Å². The molecule has 1 aromatic carbocycles. The van der Waals surface area contributed by atoms with Crippen LogP contribution in [-0.4, -0.2) is 35.0 Å². The van der Waals surface area contributed by atoms with Gasteiger partial charge in [-0.1, -0.05) is 24.8 Å². The van der Waals surface area contributed by atoms with Crippen molar-refractivity contribution < 1.29 is 27.8 Å². The zero-order valence-electron chi connectivity index (χ0n) is 17.2. The molecule has 0 atom stereocenters. The van der Waals surface area contributed by atoms with Gasteiger partial charge in [0.25, 0.3) is 0 Å². The average molecular weight is 444 g/mol. The summed E-state index contributed by atoms with van der Waals surface area (Å²) in [5.41, 5.74) is 8.55. The molecule has 0 saturated carbocycles. The predicted molar refractivity (Wildman–Crippen MR) is 112 cm³/mol. The van der Waals surface area contributed by atoms with Crippen molar-refractivity contribution in [3.8, 4) is 28.8 Å². The summed E-state index contributed by atoms with van der Waals surface area (Å²) in [6.45, 7) is 0.193. The summed E-state index contributed by atoms with van der Waals surface area (Å²) in [7, 11) is 1.20. The van der Waals surface area contributed by atoms with Gasteiger partial charge in [0.05, 0.1) is 24.1 Å². The Labute approximate surface area is 182 Å². The molecule has 7 nitrogen and oxygen atoms in total. The van der Waals surface area contributed by atoms with Crippen LogP contribution in [0.1, 0.15) is 34.1 Å². The second-order valence-electron chi connectivity index (χ2n) is 6.00. The topological polar surface area (TPSA) is 100 Å². The van der Waals surface area contributed by atoms with E-state index in [4.69, 9.17) is 5.73 Å². The van der Waals surface area contributed by atoms with Gasteiger partial charge in [0.1, 0.15) is 17.7 Å². The number of esters is 1. The minimum Gasteiger partial charge on any atom is -0.465 e. The fourth-order valence-corrected chi connectivity index (χ4v) is 2.67. The van der Waals surface area contributed by atoms with Gasteiger partial charge in [0.2, 0.25) is 6.93 Å². The third kappa shape index (κ3) is 5.95. The first-order chi connectivity index (χ1) is 15.5. The standard InChI is InChI=1S/C21H17FN4O3.CH2F2/c1-3-17-15(7-4-13-5-9-19(23)24-11-13)20(26-12-25-17)14-6-8-16(21(27)28-2)18(10-14)29-22;2-1-3/h5-6,8-12H,3H2,1-2H3,(H2,23,24);1H2. The Morgan fingerprint density at radius 3 is 2.47 bits per heavy atom. The van der Waals surface area contributed by atoms with Crippen LogP contribution >= 0.6 is 0 Å². The van der Waals surface area contributed by atoms with Crippen molar-refractivity contribution in [3.63, 3.8) is 0 Å². The molecule has 0 fully saturated rings. The minimum atomic E-state index is -1.75. The maximum Gasteiger partial charge on any atom is 0.341 e. The number of hydrogen-bond acceptors (Lipinski definition) is 7. The molecular formula is C22H19F3N4O3. The van der Waals surface area contributed by atoms with E-state index >= 15 is 0 Å². The Bertz CT molecular complexity index is 1130. The molecule has 0 spiro atoms. The van der Waals surface area contributed by atoms with Crippen LogP contribution in [0, 0.1) is 11.8 Å². The fourth-order valence-electron chi connectivity index (χ4n) is 2.67. The number of aryl methyl sites for hydroxylation is 1. The average Bonchev–Trinajstić information content (AvgIpc) is 2.83. The highest BCUT2D eigenvalue weighted by molar-refractivity contribution is 5.93. The molecule has 10 heteroatoms. The van der Waals surface area contributed by atoms with Gasteiger partial charge in [-0.15, -0.1) is 0 Å². The van der Waals surface area contributed by atoms with Crippen LogP contribution in [0.15, 0.2) is 42.9 Å². The van der Waals surface area contributed by atoms with E-state index in [0.29, 0.717) is 34.6 Å². The van der Waals surface area contributed by atoms with E-state index in [0.717, 1.165) is 5.69 Å². The van der Waals surface area contributed by atoms with Crippen LogP contribution in [-0.2, 0) is 11.2 Å². The summed E-state index contributed by atoms with van der Waals surface area (Å²) in [6.07, 6.45) is 3.60. The Morgan fingerprint density at radius 1 is 1.12 bits per heavy atom. The third-order valence-electron chi connectivity index (χ3n) is 4.12. The van der Waals surface area contributed by atoms with Gasteiger partial charge in [0, 0.05) is 21.8 Å². The summed E-state index contributed by atoms with van der Waals surface area (Å²) >= 11 is 0. The number of nitrogens with zero attached hydrogens (tertiary/aromatic N) is 3. The predicted octanol–water partition coefficient (Wildman–Crippen LogP) is 4.02. The monoisotopic (exact) mass is 444 g/mol. The van der Waals surface area contributed by atoms with Crippen LogP contribution in [0.4, 0.5) is 19.1 Å². The zero-order valence-corrected chi connectivity index (χ0v) is 17.2. The molecule has 0 radical (unpaired) electrons. The fraction of sp³-hybridized carbons (Fsp3) is 0.182. The molecule has 3 rings (SSSR count). The number of hydrogen-bond donors (Lipinski definition) is 1. The quantitative estimate of drug-likeness (QED) is 0.479. The Kier molecular flexibility index (Phi) is 8.98. The van der Waals surface area contributed by atoms with E-state index in [2.05, 4.69) is 36.5 Å². The number of methoxy groups -OCH3 is 1. The van der Waals surface area contributed by atoms with Crippen molar-refractivity contribution in [2.24, 2.45) is 0 Å². The smallest absolute Gasteiger partial charge is 0.341 e. The van der Waals surface area contributed by atoms with Crippen LogP contribution in [0.3, 0.4) is 0 Å². The van der Waals surface area contributed by atoms with Crippen molar-refractivity contribution in [3.05, 3.63) is 65.2 Å². The number of rotatable bonds is 4. The lowest BCUT2D eigenvalue weighted by molar-refractivity contribution is -0.00804. The van der Waals surface area contributed by atoms with Crippen molar-refractivity contribution in [2.45, 2.75) is 13.3 Å². The Morgan fingerprint density at radius 2 is 1.88 bits per heavy atom. The second-order valence-corrected chi connectivity index (χ2v) is 6.00. The minimum absolute atomic E-state index is 0.0379. The lowest BCUT2D eigenvalue weighted by atomic mass is 10.0. The number of nitrogens with two attached hydrogens (primary N) is 1. The number of ether oxygens (including phenoxy) is 1. The molecule has 0 aliphatic heterocycles. The van der Waals surface area contributed by atoms with Crippen molar-refractivity contribution in [1.82, 2.24) is 15.0 Å². The van der Waals surface area contributed by atoms with Gasteiger partial charge in [-0.25, -0.2) is 28.5 Å². The molecule has 3 aromatic rings. The first-order valence-corrected chi connectivity index (χ1v) is 9.19. The summed E-state index contributed by atoms with van der Waals surface area (Å²) < 4.78 is 36.9. The van der Waals surface area contributed by atoms with Gasteiger partial charge in [0.15, 0.2) is 5.75 Å². The van der Waals surface area contributed by atoms with E-state index in [1.165, 1.54) is 25.6 Å². The van der Waals surface area contributed by atoms with E-state index in [1.54, 1.807) is 24.4 Å². The molecule has 32 heavy (non-hydrogen) atoms. The molecule has 2 N–H and O–H groups in total. The zero-order chi connectivity index (χ0) is 23.5. The molecule has 0 saturated heterocycles. The molecule has 2 heterocycles. The number of pyridine rings is 1. The number of alkyl halides is 2. The van der Waals surface area contributed by atoms with E-state index in [1.807, 2.05) is 6.92 Å². The Balaban J connectivity index is 0.00000114. The first-order valence-electron chi connectivity index (χ1n) is 9.19. The van der Waals surface area contributed by atoms with Gasteiger partial charge < -0.3 is 10.5 Å². The lowest BCUT2D eigenvalue weighted by Gasteiger charge is -2.10. The third-order valence-corrected chi connectivity index (χ3v) is 4.12. The van der Waals surface area contributed by atoms with Crippen LogP contribution in [0.2, 0.25) is 0 Å². The molecule has 0 amide bonds. The number of carbonyl (C=O) groups is 1. The molecular weight excluding hydrogens is 425 g/mol.